The number of nitrogens with zero attached hydrogens (tertiary/aromatic N) is 2. The summed E-state index contributed by atoms with van der Waals surface area (Å²) in [4.78, 5) is 31.1. The van der Waals surface area contributed by atoms with Crippen molar-refractivity contribution in [3.63, 3.8) is 0 Å². The van der Waals surface area contributed by atoms with Crippen molar-refractivity contribution in [2.75, 3.05) is 0 Å². The molecule has 1 fully saturated rings. The molecule has 29 heavy (non-hydrogen) atoms. The van der Waals surface area contributed by atoms with E-state index in [9.17, 15) is 19.1 Å². The first-order chi connectivity index (χ1) is 14.1. The second-order valence-corrected chi connectivity index (χ2v) is 6.71. The van der Waals surface area contributed by atoms with Crippen molar-refractivity contribution in [2.24, 2.45) is 0 Å². The van der Waals surface area contributed by atoms with Crippen molar-refractivity contribution in [1.82, 2.24) is 9.88 Å². The van der Waals surface area contributed by atoms with Crippen molar-refractivity contribution in [3.8, 4) is 0 Å². The van der Waals surface area contributed by atoms with E-state index in [1.165, 1.54) is 23.1 Å². The van der Waals surface area contributed by atoms with Gasteiger partial charge in [0.1, 0.15) is 11.6 Å². The van der Waals surface area contributed by atoms with Crippen molar-refractivity contribution in [2.45, 2.75) is 12.6 Å². The number of hydrogen-bond acceptors (Lipinski definition) is 4. The molecular weight excluding hydrogens is 371 g/mol. The highest BCUT2D eigenvalue weighted by Gasteiger charge is 2.46. The number of halogens is 1. The van der Waals surface area contributed by atoms with Gasteiger partial charge < -0.3 is 10.0 Å². The number of pyridine rings is 1. The lowest BCUT2D eigenvalue weighted by atomic mass is 9.95. The Bertz CT molecular complexity index is 1100. The molecule has 6 heteroatoms. The molecule has 1 aliphatic heterocycles. The molecule has 144 valence electrons. The molecule has 0 saturated carbocycles. The van der Waals surface area contributed by atoms with Gasteiger partial charge in [-0.05, 0) is 29.3 Å². The zero-order valence-corrected chi connectivity index (χ0v) is 15.3. The zero-order valence-electron chi connectivity index (χ0n) is 15.3. The lowest BCUT2D eigenvalue weighted by molar-refractivity contribution is -0.140. The summed E-state index contributed by atoms with van der Waals surface area (Å²) in [5.41, 5.74) is 1.48. The van der Waals surface area contributed by atoms with E-state index in [0.29, 0.717) is 11.1 Å². The van der Waals surface area contributed by atoms with E-state index in [2.05, 4.69) is 4.98 Å². The summed E-state index contributed by atoms with van der Waals surface area (Å²) < 4.78 is 13.9. The van der Waals surface area contributed by atoms with Gasteiger partial charge >= 0.3 is 0 Å². The largest absolute Gasteiger partial charge is 0.507 e. The van der Waals surface area contributed by atoms with Gasteiger partial charge in [0.05, 0.1) is 11.6 Å². The molecule has 2 aromatic carbocycles. The molecule has 0 unspecified atom stereocenters. The average molecular weight is 388 g/mol. The van der Waals surface area contributed by atoms with Gasteiger partial charge in [-0.3, -0.25) is 14.6 Å². The van der Waals surface area contributed by atoms with Crippen LogP contribution >= 0.6 is 0 Å². The maximum absolute atomic E-state index is 13.9. The van der Waals surface area contributed by atoms with E-state index >= 15 is 0 Å². The number of ketones is 1. The second-order valence-electron chi connectivity index (χ2n) is 6.71. The summed E-state index contributed by atoms with van der Waals surface area (Å²) in [6, 6.07) is 16.8. The van der Waals surface area contributed by atoms with Gasteiger partial charge in [-0.25, -0.2) is 4.39 Å². The second kappa shape index (κ2) is 7.67. The molecule has 0 bridgehead atoms. The van der Waals surface area contributed by atoms with E-state index < -0.39 is 23.5 Å². The van der Waals surface area contributed by atoms with Gasteiger partial charge in [0.2, 0.25) is 0 Å². The number of aromatic nitrogens is 1. The molecule has 0 aliphatic carbocycles. The van der Waals surface area contributed by atoms with Crippen molar-refractivity contribution in [1.29, 1.82) is 0 Å². The zero-order chi connectivity index (χ0) is 20.4. The topological polar surface area (TPSA) is 70.5 Å². The van der Waals surface area contributed by atoms with Crippen LogP contribution in [0.2, 0.25) is 0 Å². The number of likely N-dealkylation sites (tertiary alicyclic amines) is 1. The minimum absolute atomic E-state index is 0.0595. The molecule has 5 nitrogen and oxygen atoms in total. The third-order valence-electron chi connectivity index (χ3n) is 4.83. The van der Waals surface area contributed by atoms with Crippen molar-refractivity contribution < 1.29 is 19.1 Å². The molecule has 0 spiro atoms. The monoisotopic (exact) mass is 388 g/mol. The number of hydrogen-bond donors (Lipinski definition) is 1. The first-order valence-electron chi connectivity index (χ1n) is 9.04. The molecule has 1 aromatic heterocycles. The van der Waals surface area contributed by atoms with Crippen LogP contribution in [0.1, 0.15) is 22.7 Å². The highest BCUT2D eigenvalue weighted by atomic mass is 19.1. The normalized spacial score (nSPS) is 18.2. The summed E-state index contributed by atoms with van der Waals surface area (Å²) >= 11 is 0. The SMILES string of the molecule is O=C1C(=O)N(Cc2cccnc2)[C@@H](c2cccc(F)c2)/C1=C(\O)c1ccccc1. The Morgan fingerprint density at radius 2 is 1.83 bits per heavy atom. The van der Waals surface area contributed by atoms with Crippen molar-refractivity contribution in [3.05, 3.63) is 107 Å². The molecule has 4 rings (SSSR count). The Morgan fingerprint density at radius 1 is 1.03 bits per heavy atom. The standard InChI is InChI=1S/C23H17FN2O3/c24-18-10-4-9-17(12-18)20-19(21(27)16-7-2-1-3-8-16)22(28)23(29)26(20)14-15-6-5-11-25-13-15/h1-13,20,27H,14H2/b21-19+/t20-/m0/s1. The van der Waals surface area contributed by atoms with Gasteiger partial charge in [-0.15, -0.1) is 0 Å². The highest BCUT2D eigenvalue weighted by molar-refractivity contribution is 6.46. The Morgan fingerprint density at radius 3 is 2.52 bits per heavy atom. The number of aliphatic hydroxyl groups is 1. The van der Waals surface area contributed by atoms with E-state index in [1.807, 2.05) is 0 Å². The average Bonchev–Trinajstić information content (AvgIpc) is 2.99. The van der Waals surface area contributed by atoms with Crippen LogP contribution < -0.4 is 0 Å². The first kappa shape index (κ1) is 18.6. The first-order valence-corrected chi connectivity index (χ1v) is 9.04. The Kier molecular flexibility index (Phi) is 4.91. The van der Waals surface area contributed by atoms with Crippen LogP contribution in [0.5, 0.6) is 0 Å². The minimum atomic E-state index is -0.911. The van der Waals surface area contributed by atoms with Crippen LogP contribution in [0, 0.1) is 5.82 Å². The minimum Gasteiger partial charge on any atom is -0.507 e. The van der Waals surface area contributed by atoms with Gasteiger partial charge in [0, 0.05) is 24.5 Å². The number of benzene rings is 2. The predicted octanol–water partition coefficient (Wildman–Crippen LogP) is 3.84. The summed E-state index contributed by atoms with van der Waals surface area (Å²) in [5.74, 6) is -2.33. The van der Waals surface area contributed by atoms with E-state index in [0.717, 1.165) is 5.56 Å². The highest BCUT2D eigenvalue weighted by Crippen LogP contribution is 2.40. The fourth-order valence-electron chi connectivity index (χ4n) is 3.51. The van der Waals surface area contributed by atoms with E-state index in [4.69, 9.17) is 0 Å². The van der Waals surface area contributed by atoms with Gasteiger partial charge in [0.25, 0.3) is 11.7 Å². The lowest BCUT2D eigenvalue weighted by Gasteiger charge is -2.25. The van der Waals surface area contributed by atoms with E-state index in [1.54, 1.807) is 60.9 Å². The number of carbonyl (C=O) groups is 2. The van der Waals surface area contributed by atoms with Crippen LogP contribution in [-0.4, -0.2) is 26.7 Å². The van der Waals surface area contributed by atoms with Crippen LogP contribution in [0.3, 0.4) is 0 Å². The number of rotatable bonds is 4. The van der Waals surface area contributed by atoms with Crippen LogP contribution in [-0.2, 0) is 16.1 Å². The third kappa shape index (κ3) is 3.52. The van der Waals surface area contributed by atoms with Gasteiger partial charge in [-0.1, -0.05) is 48.5 Å². The molecule has 1 aliphatic rings. The summed E-state index contributed by atoms with van der Waals surface area (Å²) in [7, 11) is 0. The van der Waals surface area contributed by atoms with E-state index in [-0.39, 0.29) is 17.9 Å². The molecule has 1 amide bonds. The van der Waals surface area contributed by atoms with Crippen LogP contribution in [0.4, 0.5) is 4.39 Å². The molecule has 2 heterocycles. The predicted molar refractivity (Wildman–Crippen MR) is 105 cm³/mol. The molecule has 1 saturated heterocycles. The fraction of sp³-hybridized carbons (Fsp3) is 0.0870. The maximum Gasteiger partial charge on any atom is 0.295 e. The van der Waals surface area contributed by atoms with Crippen LogP contribution in [0.25, 0.3) is 5.76 Å². The Labute approximate surface area is 166 Å². The maximum atomic E-state index is 13.9. The fourth-order valence-corrected chi connectivity index (χ4v) is 3.51. The quantitative estimate of drug-likeness (QED) is 0.419. The molecule has 1 N–H and O–H groups in total. The van der Waals surface area contributed by atoms with Gasteiger partial charge in [-0.2, -0.15) is 0 Å². The number of aliphatic hydroxyl groups excluding tert-OH is 1. The number of carbonyl (C=O) groups excluding carboxylic acids is 2. The third-order valence-corrected chi connectivity index (χ3v) is 4.83. The Balaban J connectivity index is 1.87. The summed E-state index contributed by atoms with van der Waals surface area (Å²) in [5, 5.41) is 10.9. The smallest absolute Gasteiger partial charge is 0.295 e. The number of Topliss-reactive ketones (excluding diaryl/α,β-unsaturated/α-hetero) is 1. The molecule has 1 atom stereocenters. The molecular formula is C23H17FN2O3. The van der Waals surface area contributed by atoms with Crippen LogP contribution in [0.15, 0.2) is 84.7 Å². The lowest BCUT2D eigenvalue weighted by Crippen LogP contribution is -2.29. The Hall–Kier alpha value is -3.80. The van der Waals surface area contributed by atoms with Gasteiger partial charge in [0.15, 0.2) is 0 Å². The number of amides is 1. The molecule has 3 aromatic rings. The molecule has 0 radical (unpaired) electrons. The summed E-state index contributed by atoms with van der Waals surface area (Å²) in [6.07, 6.45) is 3.20. The summed E-state index contributed by atoms with van der Waals surface area (Å²) in [6.45, 7) is 0.102. The van der Waals surface area contributed by atoms with Crippen molar-refractivity contribution >= 4 is 17.4 Å².